The van der Waals surface area contributed by atoms with Crippen LogP contribution in [0.3, 0.4) is 0 Å². The number of hydrogen-bond acceptors (Lipinski definition) is 0. The molecule has 0 saturated carbocycles. The summed E-state index contributed by atoms with van der Waals surface area (Å²) < 4.78 is 48.5. The van der Waals surface area contributed by atoms with Crippen molar-refractivity contribution >= 4 is 11.6 Å². The molecule has 0 aliphatic carbocycles. The minimum absolute atomic E-state index is 0.283. The van der Waals surface area contributed by atoms with E-state index in [4.69, 9.17) is 11.6 Å². The molecule has 0 aromatic heterocycles. The largest absolute Gasteiger partial charge is 0.408 e. The fraction of sp³-hybridized carbons (Fsp3) is 0.250. The van der Waals surface area contributed by atoms with E-state index >= 15 is 0 Å². The summed E-state index contributed by atoms with van der Waals surface area (Å²) in [6, 6.07) is 4.15. The Hall–Kier alpha value is -0.770. The summed E-state index contributed by atoms with van der Waals surface area (Å²) in [6.45, 7) is 0. The molecule has 13 heavy (non-hydrogen) atoms. The first-order chi connectivity index (χ1) is 5.91. The van der Waals surface area contributed by atoms with Crippen LogP contribution in [0, 0.1) is 5.82 Å². The quantitative estimate of drug-likeness (QED) is 0.492. The molecule has 0 aliphatic rings. The molecule has 1 aromatic carbocycles. The van der Waals surface area contributed by atoms with E-state index in [1.807, 2.05) is 0 Å². The minimum Gasteiger partial charge on any atom is -0.207 e. The second-order valence-electron chi connectivity index (χ2n) is 2.46. The van der Waals surface area contributed by atoms with Gasteiger partial charge in [-0.2, -0.15) is 13.2 Å². The van der Waals surface area contributed by atoms with Crippen molar-refractivity contribution in [1.82, 2.24) is 0 Å². The van der Waals surface area contributed by atoms with Gasteiger partial charge in [0.1, 0.15) is 5.82 Å². The lowest BCUT2D eigenvalue weighted by molar-refractivity contribution is -0.131. The van der Waals surface area contributed by atoms with E-state index in [1.54, 1.807) is 0 Å². The molecule has 0 aliphatic heterocycles. The first kappa shape index (κ1) is 10.3. The molecule has 0 nitrogen and oxygen atoms in total. The number of rotatable bonds is 1. The molecule has 0 fully saturated rings. The number of halogens is 5. The van der Waals surface area contributed by atoms with Crippen molar-refractivity contribution in [3.05, 3.63) is 35.6 Å². The van der Waals surface area contributed by atoms with Crippen molar-refractivity contribution in [3.8, 4) is 0 Å². The van der Waals surface area contributed by atoms with E-state index in [1.165, 1.54) is 6.07 Å². The van der Waals surface area contributed by atoms with E-state index in [9.17, 15) is 17.6 Å². The maximum Gasteiger partial charge on any atom is 0.408 e. The Labute approximate surface area is 77.1 Å². The van der Waals surface area contributed by atoms with Crippen LogP contribution in [0.1, 0.15) is 10.9 Å². The molecule has 1 atom stereocenters. The molecule has 5 heteroatoms. The van der Waals surface area contributed by atoms with Crippen LogP contribution in [0.4, 0.5) is 17.6 Å². The van der Waals surface area contributed by atoms with Crippen LogP contribution >= 0.6 is 11.6 Å². The standard InChI is InChI=1S/C8H5ClF4/c9-7(8(11,12)13)5-2-1-3-6(10)4-5/h1-4,7H. The van der Waals surface area contributed by atoms with Gasteiger partial charge < -0.3 is 0 Å². The topological polar surface area (TPSA) is 0 Å². The second kappa shape index (κ2) is 3.54. The highest BCUT2D eigenvalue weighted by Gasteiger charge is 2.39. The fourth-order valence-electron chi connectivity index (χ4n) is 0.853. The smallest absolute Gasteiger partial charge is 0.207 e. The Morgan fingerprint density at radius 2 is 1.85 bits per heavy atom. The van der Waals surface area contributed by atoms with Gasteiger partial charge in [0.05, 0.1) is 0 Å². The molecule has 0 saturated heterocycles. The van der Waals surface area contributed by atoms with Crippen molar-refractivity contribution in [2.45, 2.75) is 11.6 Å². The predicted octanol–water partition coefficient (Wildman–Crippen LogP) is 3.67. The van der Waals surface area contributed by atoms with Crippen molar-refractivity contribution < 1.29 is 17.6 Å². The molecular formula is C8H5ClF4. The van der Waals surface area contributed by atoms with Gasteiger partial charge in [0.15, 0.2) is 5.38 Å². The predicted molar refractivity (Wildman–Crippen MR) is 41.0 cm³/mol. The molecule has 0 bridgehead atoms. The molecule has 0 radical (unpaired) electrons. The zero-order valence-corrected chi connectivity index (χ0v) is 7.03. The van der Waals surface area contributed by atoms with Gasteiger partial charge >= 0.3 is 6.18 Å². The third-order valence-corrected chi connectivity index (χ3v) is 1.93. The summed E-state index contributed by atoms with van der Waals surface area (Å²) >= 11 is 5.06. The molecule has 1 unspecified atom stereocenters. The van der Waals surface area contributed by atoms with Gasteiger partial charge in [-0.15, -0.1) is 11.6 Å². The van der Waals surface area contributed by atoms with Gasteiger partial charge in [0, 0.05) is 0 Å². The van der Waals surface area contributed by atoms with Crippen LogP contribution in [-0.4, -0.2) is 6.18 Å². The summed E-state index contributed by atoms with van der Waals surface area (Å²) in [5, 5.41) is -2.15. The Kier molecular flexibility index (Phi) is 2.81. The van der Waals surface area contributed by atoms with E-state index in [2.05, 4.69) is 0 Å². The highest BCUT2D eigenvalue weighted by Crippen LogP contribution is 2.37. The maximum atomic E-state index is 12.5. The summed E-state index contributed by atoms with van der Waals surface area (Å²) in [4.78, 5) is 0. The van der Waals surface area contributed by atoms with E-state index in [0.717, 1.165) is 18.2 Å². The van der Waals surface area contributed by atoms with Crippen molar-refractivity contribution in [2.24, 2.45) is 0 Å². The lowest BCUT2D eigenvalue weighted by Gasteiger charge is -2.13. The highest BCUT2D eigenvalue weighted by atomic mass is 35.5. The molecule has 0 heterocycles. The zero-order chi connectivity index (χ0) is 10.1. The van der Waals surface area contributed by atoms with Crippen molar-refractivity contribution in [3.63, 3.8) is 0 Å². The Bertz CT molecular complexity index is 294. The van der Waals surface area contributed by atoms with Crippen LogP contribution in [-0.2, 0) is 0 Å². The third-order valence-electron chi connectivity index (χ3n) is 1.43. The monoisotopic (exact) mass is 212 g/mol. The fourth-order valence-corrected chi connectivity index (χ4v) is 0.989. The van der Waals surface area contributed by atoms with Gasteiger partial charge in [-0.25, -0.2) is 4.39 Å². The van der Waals surface area contributed by atoms with Crippen LogP contribution in [0.25, 0.3) is 0 Å². The first-order valence-electron chi connectivity index (χ1n) is 3.37. The van der Waals surface area contributed by atoms with Crippen LogP contribution in [0.15, 0.2) is 24.3 Å². The average Bonchev–Trinajstić information content (AvgIpc) is 2.01. The van der Waals surface area contributed by atoms with Crippen LogP contribution in [0.2, 0.25) is 0 Å². The second-order valence-corrected chi connectivity index (χ2v) is 2.90. The van der Waals surface area contributed by atoms with Crippen molar-refractivity contribution in [2.75, 3.05) is 0 Å². The first-order valence-corrected chi connectivity index (χ1v) is 3.81. The molecule has 1 aromatic rings. The van der Waals surface area contributed by atoms with E-state index < -0.39 is 17.4 Å². The molecule has 0 spiro atoms. The molecule has 1 rings (SSSR count). The Morgan fingerprint density at radius 1 is 1.23 bits per heavy atom. The SMILES string of the molecule is Fc1cccc(C(Cl)C(F)(F)F)c1. The molecule has 0 N–H and O–H groups in total. The van der Waals surface area contributed by atoms with E-state index in [-0.39, 0.29) is 5.56 Å². The van der Waals surface area contributed by atoms with Gasteiger partial charge in [0.25, 0.3) is 0 Å². The van der Waals surface area contributed by atoms with Gasteiger partial charge in [0.2, 0.25) is 0 Å². The maximum absolute atomic E-state index is 12.5. The highest BCUT2D eigenvalue weighted by molar-refractivity contribution is 6.21. The molecule has 0 amide bonds. The number of alkyl halides is 4. The molecular weight excluding hydrogens is 208 g/mol. The third kappa shape index (κ3) is 2.59. The van der Waals surface area contributed by atoms with E-state index in [0.29, 0.717) is 0 Å². The van der Waals surface area contributed by atoms with Gasteiger partial charge in [-0.05, 0) is 17.7 Å². The molecule has 72 valence electrons. The number of benzene rings is 1. The van der Waals surface area contributed by atoms with Crippen molar-refractivity contribution in [1.29, 1.82) is 0 Å². The summed E-state index contributed by atoms with van der Waals surface area (Å²) in [6.07, 6.45) is -4.55. The number of hydrogen-bond donors (Lipinski definition) is 0. The van der Waals surface area contributed by atoms with Crippen LogP contribution < -0.4 is 0 Å². The van der Waals surface area contributed by atoms with Crippen LogP contribution in [0.5, 0.6) is 0 Å². The van der Waals surface area contributed by atoms with Gasteiger partial charge in [-0.3, -0.25) is 0 Å². The normalized spacial score (nSPS) is 14.2. The summed E-state index contributed by atoms with van der Waals surface area (Å²) in [5.74, 6) is -0.729. The zero-order valence-electron chi connectivity index (χ0n) is 6.28. The average molecular weight is 213 g/mol. The lowest BCUT2D eigenvalue weighted by Crippen LogP contribution is -2.15. The summed E-state index contributed by atoms with van der Waals surface area (Å²) in [5.41, 5.74) is -0.283. The Balaban J connectivity index is 2.96. The lowest BCUT2D eigenvalue weighted by atomic mass is 10.1. The van der Waals surface area contributed by atoms with Gasteiger partial charge in [-0.1, -0.05) is 12.1 Å². The minimum atomic E-state index is -4.55. The summed E-state index contributed by atoms with van der Waals surface area (Å²) in [7, 11) is 0. The Morgan fingerprint density at radius 3 is 2.31 bits per heavy atom.